The summed E-state index contributed by atoms with van der Waals surface area (Å²) in [6, 6.07) is 8.43. The van der Waals surface area contributed by atoms with Gasteiger partial charge in [0, 0.05) is 48.1 Å². The molecular formula is C25H24ClF4N3O3. The van der Waals surface area contributed by atoms with E-state index in [1.807, 2.05) is 0 Å². The number of fused-ring (bicyclic) bond motifs is 2. The fourth-order valence-electron chi connectivity index (χ4n) is 4.89. The lowest BCUT2D eigenvalue weighted by molar-refractivity contribution is -0.274. The van der Waals surface area contributed by atoms with Crippen molar-refractivity contribution in [1.29, 1.82) is 0 Å². The van der Waals surface area contributed by atoms with Gasteiger partial charge in [-0.05, 0) is 68.2 Å². The van der Waals surface area contributed by atoms with Crippen molar-refractivity contribution in [2.45, 2.75) is 57.1 Å². The van der Waals surface area contributed by atoms with E-state index in [2.05, 4.69) is 15.4 Å². The number of ether oxygens (including phenoxy) is 1. The Bertz CT molecular complexity index is 1160. The zero-order valence-corrected chi connectivity index (χ0v) is 20.0. The van der Waals surface area contributed by atoms with Gasteiger partial charge in [0.05, 0.1) is 5.02 Å². The first-order valence-corrected chi connectivity index (χ1v) is 11.8. The van der Waals surface area contributed by atoms with Gasteiger partial charge in [-0.1, -0.05) is 11.6 Å². The number of carbonyl (C=O) groups excluding carboxylic acids is 2. The first-order valence-electron chi connectivity index (χ1n) is 11.4. The summed E-state index contributed by atoms with van der Waals surface area (Å²) in [7, 11) is 0. The minimum absolute atomic E-state index is 0.00278. The number of anilines is 2. The monoisotopic (exact) mass is 525 g/mol. The van der Waals surface area contributed by atoms with Gasteiger partial charge in [-0.25, -0.2) is 4.39 Å². The van der Waals surface area contributed by atoms with Crippen LogP contribution < -0.4 is 15.4 Å². The molecule has 11 heteroatoms. The Hall–Kier alpha value is -3.27. The first kappa shape index (κ1) is 25.8. The summed E-state index contributed by atoms with van der Waals surface area (Å²) in [5.41, 5.74) is 1.10. The maximum absolute atomic E-state index is 13.2. The van der Waals surface area contributed by atoms with Crippen molar-refractivity contribution in [3.05, 3.63) is 58.9 Å². The van der Waals surface area contributed by atoms with Crippen molar-refractivity contribution in [2.75, 3.05) is 10.6 Å². The second-order valence-corrected chi connectivity index (χ2v) is 9.29. The van der Waals surface area contributed by atoms with Crippen LogP contribution in [0.1, 0.15) is 38.2 Å². The minimum Gasteiger partial charge on any atom is -0.404 e. The third-order valence-corrected chi connectivity index (χ3v) is 6.54. The third kappa shape index (κ3) is 6.29. The Labute approximate surface area is 210 Å². The third-order valence-electron chi connectivity index (χ3n) is 6.25. The van der Waals surface area contributed by atoms with Crippen LogP contribution in [-0.4, -0.2) is 41.2 Å². The van der Waals surface area contributed by atoms with Gasteiger partial charge >= 0.3 is 6.36 Å². The van der Waals surface area contributed by atoms with Gasteiger partial charge in [-0.2, -0.15) is 0 Å². The largest absolute Gasteiger partial charge is 0.573 e. The average Bonchev–Trinajstić information content (AvgIpc) is 3.05. The molecular weight excluding hydrogens is 502 g/mol. The number of nitrogens with one attached hydrogen (secondary N) is 2. The van der Waals surface area contributed by atoms with E-state index >= 15 is 0 Å². The highest BCUT2D eigenvalue weighted by Gasteiger charge is 2.42. The number of rotatable bonds is 6. The topological polar surface area (TPSA) is 70.7 Å². The zero-order chi connectivity index (χ0) is 26.0. The smallest absolute Gasteiger partial charge is 0.404 e. The van der Waals surface area contributed by atoms with E-state index in [9.17, 15) is 27.2 Å². The van der Waals surface area contributed by atoms with Crippen LogP contribution in [0.5, 0.6) is 5.75 Å². The Morgan fingerprint density at radius 1 is 1.11 bits per heavy atom. The van der Waals surface area contributed by atoms with Crippen LogP contribution >= 0.6 is 11.6 Å². The number of halogens is 5. The summed E-state index contributed by atoms with van der Waals surface area (Å²) in [6.07, 6.45) is 0.785. The van der Waals surface area contributed by atoms with Crippen LogP contribution in [0.25, 0.3) is 6.08 Å². The van der Waals surface area contributed by atoms with Crippen LogP contribution in [0.3, 0.4) is 0 Å². The SMILES string of the molecule is CC(=O)Nc1cc(Cl)c(OC(F)(F)F)cc1/C=C/C(=O)N1[C@@H]2CC[C@H]1CC(Nc1ccc(F)cc1)C2. The van der Waals surface area contributed by atoms with Gasteiger partial charge in [0.1, 0.15) is 11.6 Å². The average molecular weight is 526 g/mol. The Balaban J connectivity index is 1.49. The van der Waals surface area contributed by atoms with Crippen LogP contribution in [-0.2, 0) is 9.59 Å². The molecule has 2 bridgehead atoms. The normalized spacial score (nSPS) is 21.5. The quantitative estimate of drug-likeness (QED) is 0.359. The number of hydrogen-bond acceptors (Lipinski definition) is 4. The summed E-state index contributed by atoms with van der Waals surface area (Å²) in [5.74, 6) is -1.68. The maximum atomic E-state index is 13.2. The van der Waals surface area contributed by atoms with Crippen LogP contribution in [0.15, 0.2) is 42.5 Å². The number of nitrogens with zero attached hydrogens (tertiary/aromatic N) is 1. The van der Waals surface area contributed by atoms with Gasteiger partial charge in [0.15, 0.2) is 0 Å². The molecule has 0 saturated carbocycles. The van der Waals surface area contributed by atoms with Gasteiger partial charge in [-0.3, -0.25) is 9.59 Å². The number of amides is 2. The summed E-state index contributed by atoms with van der Waals surface area (Å²) >= 11 is 5.90. The van der Waals surface area contributed by atoms with Crippen molar-refractivity contribution in [2.24, 2.45) is 0 Å². The number of carbonyl (C=O) groups is 2. The summed E-state index contributed by atoms with van der Waals surface area (Å²) in [6.45, 7) is 1.24. The molecule has 2 amide bonds. The van der Waals surface area contributed by atoms with Gasteiger partial charge < -0.3 is 20.3 Å². The van der Waals surface area contributed by atoms with E-state index < -0.39 is 18.0 Å². The standard InChI is InChI=1S/C25H24ClF4N3O3/c1-14(34)31-22-13-21(26)23(36-25(28,29)30)10-15(22)2-9-24(35)33-19-7-8-20(33)12-18(11-19)32-17-5-3-16(27)4-6-17/h2-6,9-10,13,18-20,32H,7-8,11-12H2,1H3,(H,31,34)/b9-2+/t18?,19-,20+. The number of alkyl halides is 3. The van der Waals surface area contributed by atoms with Crippen molar-refractivity contribution < 1.29 is 31.9 Å². The molecule has 1 unspecified atom stereocenters. The summed E-state index contributed by atoms with van der Waals surface area (Å²) < 4.78 is 55.4. The van der Waals surface area contributed by atoms with Crippen molar-refractivity contribution in [3.8, 4) is 5.75 Å². The Kier molecular flexibility index (Phi) is 7.44. The van der Waals surface area contributed by atoms with E-state index in [0.717, 1.165) is 43.5 Å². The molecule has 0 aromatic heterocycles. The zero-order valence-electron chi connectivity index (χ0n) is 19.2. The molecule has 0 aliphatic carbocycles. The summed E-state index contributed by atoms with van der Waals surface area (Å²) in [4.78, 5) is 26.5. The molecule has 0 spiro atoms. The molecule has 36 heavy (non-hydrogen) atoms. The van der Waals surface area contributed by atoms with E-state index in [1.54, 1.807) is 17.0 Å². The lowest BCUT2D eigenvalue weighted by atomic mass is 9.96. The van der Waals surface area contributed by atoms with Crippen molar-refractivity contribution in [1.82, 2.24) is 4.90 Å². The Morgan fingerprint density at radius 3 is 2.33 bits per heavy atom. The number of hydrogen-bond donors (Lipinski definition) is 2. The predicted octanol–water partition coefficient (Wildman–Crippen LogP) is 5.98. The lowest BCUT2D eigenvalue weighted by Crippen LogP contribution is -2.49. The molecule has 6 nitrogen and oxygen atoms in total. The summed E-state index contributed by atoms with van der Waals surface area (Å²) in [5, 5.41) is 5.56. The molecule has 0 radical (unpaired) electrons. The van der Waals surface area contributed by atoms with Gasteiger partial charge in [0.2, 0.25) is 11.8 Å². The molecule has 2 aromatic rings. The first-order chi connectivity index (χ1) is 17.0. The molecule has 2 saturated heterocycles. The fraction of sp³-hybridized carbons (Fsp3) is 0.360. The molecule has 2 heterocycles. The molecule has 2 N–H and O–H groups in total. The van der Waals surface area contributed by atoms with E-state index in [4.69, 9.17) is 11.6 Å². The maximum Gasteiger partial charge on any atom is 0.573 e. The second-order valence-electron chi connectivity index (χ2n) is 8.88. The fourth-order valence-corrected chi connectivity index (χ4v) is 5.09. The molecule has 3 atom stereocenters. The molecule has 192 valence electrons. The highest BCUT2D eigenvalue weighted by Crippen LogP contribution is 2.38. The molecule has 2 aromatic carbocycles. The second kappa shape index (κ2) is 10.4. The van der Waals surface area contributed by atoms with Crippen LogP contribution in [0.4, 0.5) is 28.9 Å². The minimum atomic E-state index is -4.96. The van der Waals surface area contributed by atoms with Crippen molar-refractivity contribution in [3.63, 3.8) is 0 Å². The van der Waals surface area contributed by atoms with Gasteiger partial charge in [0.25, 0.3) is 0 Å². The molecule has 2 aliphatic heterocycles. The van der Waals surface area contributed by atoms with Crippen LogP contribution in [0, 0.1) is 5.82 Å². The van der Waals surface area contributed by atoms with Crippen molar-refractivity contribution >= 4 is 40.9 Å². The lowest BCUT2D eigenvalue weighted by Gasteiger charge is -2.39. The molecule has 2 aliphatic rings. The highest BCUT2D eigenvalue weighted by molar-refractivity contribution is 6.32. The number of piperidine rings is 1. The van der Waals surface area contributed by atoms with E-state index in [1.165, 1.54) is 31.2 Å². The van der Waals surface area contributed by atoms with Crippen LogP contribution in [0.2, 0.25) is 5.02 Å². The van der Waals surface area contributed by atoms with Gasteiger partial charge in [-0.15, -0.1) is 13.2 Å². The molecule has 4 rings (SSSR count). The predicted molar refractivity (Wildman–Crippen MR) is 128 cm³/mol. The van der Waals surface area contributed by atoms with E-state index in [0.29, 0.717) is 0 Å². The van der Waals surface area contributed by atoms with E-state index in [-0.39, 0.29) is 46.1 Å². The number of benzene rings is 2. The highest BCUT2D eigenvalue weighted by atomic mass is 35.5. The Morgan fingerprint density at radius 2 is 1.75 bits per heavy atom. The molecule has 2 fully saturated rings.